The fourth-order valence-corrected chi connectivity index (χ4v) is 2.18. The molecule has 2 atom stereocenters. The van der Waals surface area contributed by atoms with Crippen LogP contribution in [-0.4, -0.2) is 38.5 Å². The van der Waals surface area contributed by atoms with Crippen LogP contribution in [0, 0.1) is 0 Å². The molecule has 0 aromatic carbocycles. The van der Waals surface area contributed by atoms with Crippen LogP contribution in [-0.2, 0) is 9.47 Å². The molecule has 0 bridgehead atoms. The van der Waals surface area contributed by atoms with Crippen LogP contribution in [0.1, 0.15) is 32.1 Å². The second-order valence-electron chi connectivity index (χ2n) is 4.29. The number of hydrogen-bond donors (Lipinski definition) is 1. The zero-order chi connectivity index (χ0) is 9.64. The van der Waals surface area contributed by atoms with E-state index in [1.54, 1.807) is 0 Å². The Morgan fingerprint density at radius 1 is 1.14 bits per heavy atom. The van der Waals surface area contributed by atoms with Crippen molar-refractivity contribution in [2.75, 3.05) is 26.4 Å². The molecule has 2 rings (SSSR count). The fourth-order valence-electron chi connectivity index (χ4n) is 2.18. The van der Waals surface area contributed by atoms with E-state index < -0.39 is 0 Å². The summed E-state index contributed by atoms with van der Waals surface area (Å²) in [6.45, 7) is 3.87. The summed E-state index contributed by atoms with van der Waals surface area (Å²) >= 11 is 0. The molecule has 2 aliphatic rings. The number of hydrogen-bond acceptors (Lipinski definition) is 3. The zero-order valence-corrected chi connectivity index (χ0v) is 8.84. The molecule has 0 radical (unpaired) electrons. The van der Waals surface area contributed by atoms with E-state index in [9.17, 15) is 0 Å². The minimum absolute atomic E-state index is 0.513. The molecule has 0 aliphatic carbocycles. The summed E-state index contributed by atoms with van der Waals surface area (Å²) in [6.07, 6.45) is 6.70. The first-order valence-corrected chi connectivity index (χ1v) is 5.88. The summed E-state index contributed by atoms with van der Waals surface area (Å²) in [6, 6.07) is 0.596. The maximum atomic E-state index is 5.67. The quantitative estimate of drug-likeness (QED) is 0.741. The van der Waals surface area contributed by atoms with E-state index >= 15 is 0 Å². The second-order valence-corrected chi connectivity index (χ2v) is 4.29. The van der Waals surface area contributed by atoms with Gasteiger partial charge in [-0.1, -0.05) is 0 Å². The third-order valence-electron chi connectivity index (χ3n) is 3.10. The van der Waals surface area contributed by atoms with Gasteiger partial charge in [0, 0.05) is 19.3 Å². The molecular formula is C11H21NO2. The van der Waals surface area contributed by atoms with Crippen molar-refractivity contribution in [2.45, 2.75) is 44.2 Å². The smallest absolute Gasteiger partial charge is 0.0620 e. The molecule has 3 heteroatoms. The Bertz CT molecular complexity index is 151. The molecule has 2 unspecified atom stereocenters. The molecule has 2 heterocycles. The average Bonchev–Trinajstić information content (AvgIpc) is 2.72. The van der Waals surface area contributed by atoms with Gasteiger partial charge >= 0.3 is 0 Å². The molecule has 2 saturated heterocycles. The molecule has 2 fully saturated rings. The molecule has 0 saturated carbocycles. The lowest BCUT2D eigenvalue weighted by atomic mass is 10.1. The lowest BCUT2D eigenvalue weighted by molar-refractivity contribution is 0.0111. The molecular weight excluding hydrogens is 178 g/mol. The van der Waals surface area contributed by atoms with Crippen molar-refractivity contribution in [3.63, 3.8) is 0 Å². The van der Waals surface area contributed by atoms with E-state index in [2.05, 4.69) is 5.32 Å². The molecule has 2 aliphatic heterocycles. The van der Waals surface area contributed by atoms with Crippen LogP contribution >= 0.6 is 0 Å². The molecule has 0 aromatic rings. The van der Waals surface area contributed by atoms with E-state index in [1.165, 1.54) is 25.7 Å². The molecule has 0 amide bonds. The van der Waals surface area contributed by atoms with Gasteiger partial charge < -0.3 is 14.8 Å². The van der Waals surface area contributed by atoms with Crippen molar-refractivity contribution in [3.8, 4) is 0 Å². The van der Waals surface area contributed by atoms with Gasteiger partial charge in [-0.15, -0.1) is 0 Å². The first kappa shape index (κ1) is 10.4. The van der Waals surface area contributed by atoms with Crippen LogP contribution < -0.4 is 5.32 Å². The Kier molecular flexibility index (Phi) is 4.22. The van der Waals surface area contributed by atoms with E-state index in [0.29, 0.717) is 12.1 Å². The second kappa shape index (κ2) is 5.69. The Morgan fingerprint density at radius 2 is 2.14 bits per heavy atom. The average molecular weight is 199 g/mol. The highest BCUT2D eigenvalue weighted by molar-refractivity contribution is 4.72. The van der Waals surface area contributed by atoms with Crippen LogP contribution in [0.2, 0.25) is 0 Å². The third kappa shape index (κ3) is 3.23. The van der Waals surface area contributed by atoms with Gasteiger partial charge in [0.25, 0.3) is 0 Å². The molecule has 0 spiro atoms. The molecule has 82 valence electrons. The van der Waals surface area contributed by atoms with Crippen molar-refractivity contribution in [1.29, 1.82) is 0 Å². The van der Waals surface area contributed by atoms with Gasteiger partial charge in [-0.05, 0) is 38.6 Å². The normalized spacial score (nSPS) is 33.4. The largest absolute Gasteiger partial charge is 0.380 e. The van der Waals surface area contributed by atoms with E-state index in [0.717, 1.165) is 32.8 Å². The summed E-state index contributed by atoms with van der Waals surface area (Å²) in [4.78, 5) is 0. The maximum Gasteiger partial charge on any atom is 0.0620 e. The van der Waals surface area contributed by atoms with Gasteiger partial charge in [-0.3, -0.25) is 0 Å². The summed E-state index contributed by atoms with van der Waals surface area (Å²) in [5, 5.41) is 3.52. The van der Waals surface area contributed by atoms with Gasteiger partial charge in [0.05, 0.1) is 12.7 Å². The third-order valence-corrected chi connectivity index (χ3v) is 3.10. The summed E-state index contributed by atoms with van der Waals surface area (Å²) in [7, 11) is 0. The predicted octanol–water partition coefficient (Wildman–Crippen LogP) is 1.32. The van der Waals surface area contributed by atoms with Crippen molar-refractivity contribution in [2.24, 2.45) is 0 Å². The molecule has 0 aromatic heterocycles. The lowest BCUT2D eigenvalue weighted by Gasteiger charge is -2.23. The zero-order valence-electron chi connectivity index (χ0n) is 8.84. The molecule has 14 heavy (non-hydrogen) atoms. The summed E-state index contributed by atoms with van der Waals surface area (Å²) in [5.74, 6) is 0. The van der Waals surface area contributed by atoms with Crippen LogP contribution in [0.25, 0.3) is 0 Å². The highest BCUT2D eigenvalue weighted by Gasteiger charge is 2.16. The van der Waals surface area contributed by atoms with Crippen molar-refractivity contribution in [1.82, 2.24) is 5.32 Å². The summed E-state index contributed by atoms with van der Waals surface area (Å²) in [5.41, 5.74) is 0. The first-order chi connectivity index (χ1) is 6.95. The highest BCUT2D eigenvalue weighted by atomic mass is 16.5. The van der Waals surface area contributed by atoms with E-state index in [-0.39, 0.29) is 0 Å². The van der Waals surface area contributed by atoms with Crippen LogP contribution in [0.5, 0.6) is 0 Å². The Labute approximate surface area is 86.2 Å². The Hall–Kier alpha value is -0.120. The van der Waals surface area contributed by atoms with Gasteiger partial charge in [-0.25, -0.2) is 0 Å². The molecule has 3 nitrogen and oxygen atoms in total. The van der Waals surface area contributed by atoms with Crippen molar-refractivity contribution < 1.29 is 9.47 Å². The minimum Gasteiger partial charge on any atom is -0.380 e. The molecule has 1 N–H and O–H groups in total. The SMILES string of the molecule is C1CCC(CCNC2CCOC2)OC1. The van der Waals surface area contributed by atoms with Gasteiger partial charge in [-0.2, -0.15) is 0 Å². The predicted molar refractivity (Wildman–Crippen MR) is 55.4 cm³/mol. The van der Waals surface area contributed by atoms with Gasteiger partial charge in [0.1, 0.15) is 0 Å². The van der Waals surface area contributed by atoms with Crippen molar-refractivity contribution in [3.05, 3.63) is 0 Å². The minimum atomic E-state index is 0.513. The maximum absolute atomic E-state index is 5.67. The Balaban J connectivity index is 1.52. The lowest BCUT2D eigenvalue weighted by Crippen LogP contribution is -2.33. The number of ether oxygens (including phenoxy) is 2. The highest BCUT2D eigenvalue weighted by Crippen LogP contribution is 2.15. The van der Waals surface area contributed by atoms with Gasteiger partial charge in [0.15, 0.2) is 0 Å². The number of nitrogens with one attached hydrogen (secondary N) is 1. The standard InChI is InChI=1S/C11H21NO2/c1-2-7-14-11(3-1)4-6-12-10-5-8-13-9-10/h10-12H,1-9H2. The van der Waals surface area contributed by atoms with Crippen LogP contribution in [0.15, 0.2) is 0 Å². The van der Waals surface area contributed by atoms with Gasteiger partial charge in [0.2, 0.25) is 0 Å². The topological polar surface area (TPSA) is 30.5 Å². The fraction of sp³-hybridized carbons (Fsp3) is 1.00. The first-order valence-electron chi connectivity index (χ1n) is 5.88. The van der Waals surface area contributed by atoms with Crippen molar-refractivity contribution >= 4 is 0 Å². The van der Waals surface area contributed by atoms with Crippen LogP contribution in [0.4, 0.5) is 0 Å². The van der Waals surface area contributed by atoms with E-state index in [1.807, 2.05) is 0 Å². The Morgan fingerprint density at radius 3 is 2.86 bits per heavy atom. The van der Waals surface area contributed by atoms with E-state index in [4.69, 9.17) is 9.47 Å². The van der Waals surface area contributed by atoms with Crippen LogP contribution in [0.3, 0.4) is 0 Å². The summed E-state index contributed by atoms with van der Waals surface area (Å²) < 4.78 is 11.0. The number of rotatable bonds is 4. The monoisotopic (exact) mass is 199 g/mol.